The number of aromatic nitrogens is 2. The smallest absolute Gasteiger partial charge is 0.277 e. The van der Waals surface area contributed by atoms with Gasteiger partial charge < -0.3 is 14.1 Å². The molecule has 1 heterocycles. The van der Waals surface area contributed by atoms with Crippen molar-refractivity contribution >= 4 is 23.4 Å². The highest BCUT2D eigenvalue weighted by Crippen LogP contribution is 2.25. The molecule has 3 aromatic rings. The van der Waals surface area contributed by atoms with E-state index in [9.17, 15) is 4.79 Å². The summed E-state index contributed by atoms with van der Waals surface area (Å²) in [5.74, 6) is 1.28. The summed E-state index contributed by atoms with van der Waals surface area (Å²) in [4.78, 5) is 14.3. The number of carbonyl (C=O) groups excluding carboxylic acids is 1. The molecule has 0 atom stereocenters. The van der Waals surface area contributed by atoms with E-state index >= 15 is 0 Å². The topological polar surface area (TPSA) is 68.5 Å². The van der Waals surface area contributed by atoms with Crippen LogP contribution in [-0.4, -0.2) is 35.5 Å². The number of hydrogen-bond donors (Lipinski definition) is 0. The van der Waals surface area contributed by atoms with Crippen molar-refractivity contribution in [2.75, 3.05) is 24.3 Å². The predicted molar refractivity (Wildman–Crippen MR) is 106 cm³/mol. The number of benzene rings is 2. The molecule has 0 aliphatic heterocycles. The van der Waals surface area contributed by atoms with Crippen LogP contribution in [-0.2, 0) is 4.79 Å². The van der Waals surface area contributed by atoms with E-state index in [1.165, 1.54) is 11.8 Å². The zero-order valence-corrected chi connectivity index (χ0v) is 15.7. The fourth-order valence-corrected chi connectivity index (χ4v) is 3.05. The number of nitrogens with zero attached hydrogens (tertiary/aromatic N) is 3. The molecule has 138 valence electrons. The van der Waals surface area contributed by atoms with Crippen LogP contribution >= 0.6 is 11.8 Å². The molecule has 0 saturated carbocycles. The van der Waals surface area contributed by atoms with Gasteiger partial charge in [0, 0.05) is 17.8 Å². The highest BCUT2D eigenvalue weighted by Gasteiger charge is 2.17. The van der Waals surface area contributed by atoms with Gasteiger partial charge in [-0.25, -0.2) is 0 Å². The summed E-state index contributed by atoms with van der Waals surface area (Å²) in [6.07, 6.45) is 1.70. The molecule has 27 heavy (non-hydrogen) atoms. The normalized spacial score (nSPS) is 10.4. The van der Waals surface area contributed by atoms with Crippen LogP contribution in [0, 0.1) is 0 Å². The molecule has 0 N–H and O–H groups in total. The van der Waals surface area contributed by atoms with Gasteiger partial charge in [0.2, 0.25) is 11.8 Å². The monoisotopic (exact) mass is 381 g/mol. The van der Waals surface area contributed by atoms with Gasteiger partial charge in [0.05, 0.1) is 12.9 Å². The first-order valence-corrected chi connectivity index (χ1v) is 9.27. The third kappa shape index (κ3) is 4.77. The summed E-state index contributed by atoms with van der Waals surface area (Å²) < 4.78 is 10.8. The summed E-state index contributed by atoms with van der Waals surface area (Å²) in [7, 11) is 1.61. The molecule has 6 nitrogen and oxygen atoms in total. The Kier molecular flexibility index (Phi) is 6.27. The molecule has 1 amide bonds. The summed E-state index contributed by atoms with van der Waals surface area (Å²) >= 11 is 1.21. The number of carbonyl (C=O) groups is 1. The minimum atomic E-state index is -0.0599. The fraction of sp³-hybridized carbons (Fsp3) is 0.150. The van der Waals surface area contributed by atoms with Crippen LogP contribution in [0.4, 0.5) is 5.69 Å². The Hall–Kier alpha value is -3.06. The summed E-state index contributed by atoms with van der Waals surface area (Å²) in [6.45, 7) is 4.16. The van der Waals surface area contributed by atoms with Gasteiger partial charge in [0.25, 0.3) is 5.22 Å². The van der Waals surface area contributed by atoms with Crippen LogP contribution < -0.4 is 9.64 Å². The van der Waals surface area contributed by atoms with E-state index < -0.39 is 0 Å². The van der Waals surface area contributed by atoms with Crippen LogP contribution in [0.2, 0.25) is 0 Å². The quantitative estimate of drug-likeness (QED) is 0.433. The Morgan fingerprint density at radius 2 is 1.93 bits per heavy atom. The van der Waals surface area contributed by atoms with E-state index in [2.05, 4.69) is 16.8 Å². The summed E-state index contributed by atoms with van der Waals surface area (Å²) in [5.41, 5.74) is 1.62. The van der Waals surface area contributed by atoms with E-state index in [-0.39, 0.29) is 11.7 Å². The maximum Gasteiger partial charge on any atom is 0.277 e. The third-order valence-corrected chi connectivity index (χ3v) is 4.55. The zero-order valence-electron chi connectivity index (χ0n) is 14.9. The van der Waals surface area contributed by atoms with Gasteiger partial charge >= 0.3 is 0 Å². The van der Waals surface area contributed by atoms with Gasteiger partial charge in [0.1, 0.15) is 5.75 Å². The molecule has 0 radical (unpaired) electrons. The average molecular weight is 381 g/mol. The molecule has 0 bridgehead atoms. The van der Waals surface area contributed by atoms with Crippen LogP contribution in [0.1, 0.15) is 0 Å². The number of anilines is 1. The lowest BCUT2D eigenvalue weighted by Gasteiger charge is -2.20. The van der Waals surface area contributed by atoms with Crippen molar-refractivity contribution in [1.82, 2.24) is 10.2 Å². The molecule has 0 saturated heterocycles. The van der Waals surface area contributed by atoms with Gasteiger partial charge in [-0.3, -0.25) is 4.79 Å². The maximum absolute atomic E-state index is 12.6. The number of hydrogen-bond acceptors (Lipinski definition) is 6. The SMILES string of the molecule is C=CCN(C(=O)CSc1nnc(-c2ccc(OC)cc2)o1)c1ccccc1. The molecule has 2 aromatic carbocycles. The minimum Gasteiger partial charge on any atom is -0.497 e. The molecule has 0 unspecified atom stereocenters. The Bertz CT molecular complexity index is 894. The van der Waals surface area contributed by atoms with Gasteiger partial charge in [0.15, 0.2) is 0 Å². The van der Waals surface area contributed by atoms with Gasteiger partial charge in [-0.15, -0.1) is 16.8 Å². The summed E-state index contributed by atoms with van der Waals surface area (Å²) in [6, 6.07) is 16.8. The fourth-order valence-electron chi connectivity index (χ4n) is 2.41. The van der Waals surface area contributed by atoms with E-state index in [0.29, 0.717) is 17.7 Å². The Balaban J connectivity index is 1.64. The van der Waals surface area contributed by atoms with Crippen LogP contribution in [0.15, 0.2) is 76.9 Å². The van der Waals surface area contributed by atoms with Crippen molar-refractivity contribution < 1.29 is 13.9 Å². The molecule has 7 heteroatoms. The van der Waals surface area contributed by atoms with Crippen molar-refractivity contribution in [2.24, 2.45) is 0 Å². The maximum atomic E-state index is 12.6. The number of para-hydroxylation sites is 1. The first kappa shape index (κ1) is 18.7. The van der Waals surface area contributed by atoms with Gasteiger partial charge in [-0.05, 0) is 36.4 Å². The minimum absolute atomic E-state index is 0.0599. The molecular formula is C20H19N3O3S. The first-order chi connectivity index (χ1) is 13.2. The highest BCUT2D eigenvalue weighted by molar-refractivity contribution is 7.99. The lowest BCUT2D eigenvalue weighted by atomic mass is 10.2. The molecule has 3 rings (SSSR count). The van der Waals surface area contributed by atoms with Crippen molar-refractivity contribution in [1.29, 1.82) is 0 Å². The van der Waals surface area contributed by atoms with Crippen LogP contribution in [0.3, 0.4) is 0 Å². The number of methoxy groups -OCH3 is 1. The molecule has 0 aliphatic carbocycles. The molecule has 0 aliphatic rings. The van der Waals surface area contributed by atoms with E-state index in [1.54, 1.807) is 18.1 Å². The van der Waals surface area contributed by atoms with Gasteiger partial charge in [-0.1, -0.05) is 36.0 Å². The zero-order chi connectivity index (χ0) is 19.1. The first-order valence-electron chi connectivity index (χ1n) is 8.28. The van der Waals surface area contributed by atoms with Crippen molar-refractivity contribution in [3.63, 3.8) is 0 Å². The highest BCUT2D eigenvalue weighted by atomic mass is 32.2. The lowest BCUT2D eigenvalue weighted by molar-refractivity contribution is -0.116. The largest absolute Gasteiger partial charge is 0.497 e. The molecule has 0 fully saturated rings. The van der Waals surface area contributed by atoms with E-state index in [1.807, 2.05) is 54.6 Å². The second kappa shape index (κ2) is 9.05. The number of ether oxygens (including phenoxy) is 1. The number of rotatable bonds is 8. The lowest BCUT2D eigenvalue weighted by Crippen LogP contribution is -2.32. The second-order valence-electron chi connectivity index (χ2n) is 5.52. The van der Waals surface area contributed by atoms with Crippen molar-refractivity contribution in [3.05, 3.63) is 67.3 Å². The average Bonchev–Trinajstić information content (AvgIpc) is 3.20. The van der Waals surface area contributed by atoms with E-state index in [4.69, 9.17) is 9.15 Å². The van der Waals surface area contributed by atoms with Gasteiger partial charge in [-0.2, -0.15) is 0 Å². The van der Waals surface area contributed by atoms with Crippen molar-refractivity contribution in [3.8, 4) is 17.2 Å². The summed E-state index contributed by atoms with van der Waals surface area (Å²) in [5, 5.41) is 8.40. The predicted octanol–water partition coefficient (Wildman–Crippen LogP) is 4.06. The van der Waals surface area contributed by atoms with E-state index in [0.717, 1.165) is 17.0 Å². The second-order valence-corrected chi connectivity index (χ2v) is 6.45. The Labute approximate surface area is 161 Å². The van der Waals surface area contributed by atoms with Crippen molar-refractivity contribution in [2.45, 2.75) is 5.22 Å². The van der Waals surface area contributed by atoms with Crippen LogP contribution in [0.25, 0.3) is 11.5 Å². The number of thioether (sulfide) groups is 1. The molecular weight excluding hydrogens is 362 g/mol. The molecule has 0 spiro atoms. The molecule has 1 aromatic heterocycles. The van der Waals surface area contributed by atoms with Crippen LogP contribution in [0.5, 0.6) is 5.75 Å². The Morgan fingerprint density at radius 1 is 1.19 bits per heavy atom. The third-order valence-electron chi connectivity index (χ3n) is 3.74. The standard InChI is InChI=1S/C20H19N3O3S/c1-3-13-23(16-7-5-4-6-8-16)18(24)14-27-20-22-21-19(26-20)15-9-11-17(25-2)12-10-15/h3-12H,1,13-14H2,2H3. The Morgan fingerprint density at radius 3 is 2.59 bits per heavy atom. The number of amides is 1.